The third-order valence-electron chi connectivity index (χ3n) is 5.63. The molecular weight excluding hydrogens is 346 g/mol. The molecule has 3 nitrogen and oxygen atoms in total. The fourth-order valence-electron chi connectivity index (χ4n) is 3.73. The maximum absolute atomic E-state index is 12.6. The van der Waals surface area contributed by atoms with Crippen LogP contribution in [0.15, 0.2) is 42.5 Å². The summed E-state index contributed by atoms with van der Waals surface area (Å²) < 4.78 is 5.86. The second-order valence-electron chi connectivity index (χ2n) is 9.00. The van der Waals surface area contributed by atoms with Gasteiger partial charge in [0.15, 0.2) is 6.10 Å². The minimum atomic E-state index is -0.541. The van der Waals surface area contributed by atoms with E-state index in [0.717, 1.165) is 17.7 Å². The molecule has 28 heavy (non-hydrogen) atoms. The van der Waals surface area contributed by atoms with Crippen molar-refractivity contribution in [3.05, 3.63) is 64.7 Å². The number of aryl methyl sites for hydroxylation is 2. The average molecular weight is 380 g/mol. The lowest BCUT2D eigenvalue weighted by Crippen LogP contribution is -2.37. The highest BCUT2D eigenvalue weighted by Crippen LogP contribution is 2.26. The zero-order chi connectivity index (χ0) is 20.3. The summed E-state index contributed by atoms with van der Waals surface area (Å²) in [6.45, 7) is 10.4. The van der Waals surface area contributed by atoms with Gasteiger partial charge in [-0.2, -0.15) is 0 Å². The number of carbonyl (C=O) groups excluding carboxylic acids is 1. The van der Waals surface area contributed by atoms with E-state index in [2.05, 4.69) is 56.4 Å². The third-order valence-corrected chi connectivity index (χ3v) is 5.63. The number of rotatable bonds is 5. The van der Waals surface area contributed by atoms with Gasteiger partial charge >= 0.3 is 0 Å². The molecule has 1 aliphatic rings. The smallest absolute Gasteiger partial charge is 0.261 e. The van der Waals surface area contributed by atoms with Crippen molar-refractivity contribution in [3.8, 4) is 5.75 Å². The van der Waals surface area contributed by atoms with Crippen LogP contribution in [0.5, 0.6) is 5.75 Å². The molecule has 0 saturated carbocycles. The highest BCUT2D eigenvalue weighted by atomic mass is 16.5. The van der Waals surface area contributed by atoms with Gasteiger partial charge < -0.3 is 10.1 Å². The molecule has 0 aromatic heterocycles. The van der Waals surface area contributed by atoms with E-state index in [4.69, 9.17) is 4.74 Å². The van der Waals surface area contributed by atoms with Crippen LogP contribution in [0.2, 0.25) is 0 Å². The highest BCUT2D eigenvalue weighted by molar-refractivity contribution is 5.81. The highest BCUT2D eigenvalue weighted by Gasteiger charge is 2.20. The predicted octanol–water partition coefficient (Wildman–Crippen LogP) is 5.51. The van der Waals surface area contributed by atoms with E-state index >= 15 is 0 Å². The van der Waals surface area contributed by atoms with Crippen LogP contribution in [0, 0.1) is 0 Å². The molecule has 0 heterocycles. The van der Waals surface area contributed by atoms with E-state index in [-0.39, 0.29) is 17.4 Å². The Morgan fingerprint density at radius 3 is 2.25 bits per heavy atom. The molecular formula is C25H33NO2. The SMILES string of the molecule is C[C@H](Oc1ccc(C(C)(C)C)cc1)C(=O)N[C@@H](C)c1ccc2c(c1)CCCC2. The van der Waals surface area contributed by atoms with Gasteiger partial charge in [-0.25, -0.2) is 0 Å². The van der Waals surface area contributed by atoms with Crippen LogP contribution in [0.4, 0.5) is 0 Å². The first kappa shape index (κ1) is 20.4. The molecule has 2 aromatic carbocycles. The van der Waals surface area contributed by atoms with Crippen LogP contribution < -0.4 is 10.1 Å². The van der Waals surface area contributed by atoms with E-state index in [1.807, 2.05) is 19.1 Å². The Kier molecular flexibility index (Phi) is 6.12. The van der Waals surface area contributed by atoms with Crippen molar-refractivity contribution in [2.75, 3.05) is 0 Å². The third kappa shape index (κ3) is 4.95. The molecule has 1 amide bonds. The minimum Gasteiger partial charge on any atom is -0.481 e. The number of ether oxygens (including phenoxy) is 1. The van der Waals surface area contributed by atoms with Crippen LogP contribution in [-0.4, -0.2) is 12.0 Å². The first-order chi connectivity index (χ1) is 13.2. The zero-order valence-electron chi connectivity index (χ0n) is 17.8. The summed E-state index contributed by atoms with van der Waals surface area (Å²) >= 11 is 0. The molecule has 1 N–H and O–H groups in total. The number of nitrogens with one attached hydrogen (secondary N) is 1. The summed E-state index contributed by atoms with van der Waals surface area (Å²) in [5.41, 5.74) is 5.41. The summed E-state index contributed by atoms with van der Waals surface area (Å²) in [5.74, 6) is 0.627. The molecule has 150 valence electrons. The van der Waals surface area contributed by atoms with E-state index in [1.165, 1.54) is 36.0 Å². The van der Waals surface area contributed by atoms with E-state index in [0.29, 0.717) is 0 Å². The molecule has 0 bridgehead atoms. The van der Waals surface area contributed by atoms with Crippen molar-refractivity contribution in [2.24, 2.45) is 0 Å². The summed E-state index contributed by atoms with van der Waals surface area (Å²) in [6.07, 6.45) is 4.32. The first-order valence-corrected chi connectivity index (χ1v) is 10.4. The van der Waals surface area contributed by atoms with Gasteiger partial charge in [-0.05, 0) is 79.3 Å². The van der Waals surface area contributed by atoms with Gasteiger partial charge in [0.2, 0.25) is 0 Å². The van der Waals surface area contributed by atoms with Gasteiger partial charge in [0.1, 0.15) is 5.75 Å². The number of carbonyl (C=O) groups is 1. The molecule has 2 aromatic rings. The van der Waals surface area contributed by atoms with Crippen molar-refractivity contribution >= 4 is 5.91 Å². The molecule has 0 aliphatic heterocycles. The van der Waals surface area contributed by atoms with Gasteiger partial charge in [-0.15, -0.1) is 0 Å². The van der Waals surface area contributed by atoms with Crippen LogP contribution in [0.3, 0.4) is 0 Å². The molecule has 1 aliphatic carbocycles. The Balaban J connectivity index is 1.59. The summed E-state index contributed by atoms with van der Waals surface area (Å²) in [4.78, 5) is 12.6. The van der Waals surface area contributed by atoms with Crippen LogP contribution >= 0.6 is 0 Å². The van der Waals surface area contributed by atoms with Crippen LogP contribution in [0.25, 0.3) is 0 Å². The van der Waals surface area contributed by atoms with E-state index < -0.39 is 6.10 Å². The summed E-state index contributed by atoms with van der Waals surface area (Å²) in [7, 11) is 0. The molecule has 0 radical (unpaired) electrons. The number of hydrogen-bond donors (Lipinski definition) is 1. The van der Waals surface area contributed by atoms with Gasteiger partial charge in [-0.3, -0.25) is 4.79 Å². The van der Waals surface area contributed by atoms with Crippen molar-refractivity contribution in [1.82, 2.24) is 5.32 Å². The standard InChI is InChI=1S/C25H33NO2/c1-17(20-11-10-19-8-6-7-9-21(19)16-20)26-24(27)18(2)28-23-14-12-22(13-15-23)25(3,4)5/h10-18H,6-9H2,1-5H3,(H,26,27)/t17-,18-/m0/s1. The van der Waals surface area contributed by atoms with Crippen LogP contribution in [0.1, 0.15) is 75.8 Å². The molecule has 0 saturated heterocycles. The van der Waals surface area contributed by atoms with Crippen molar-refractivity contribution in [1.29, 1.82) is 0 Å². The van der Waals surface area contributed by atoms with E-state index in [9.17, 15) is 4.79 Å². The summed E-state index contributed by atoms with van der Waals surface area (Å²) in [5, 5.41) is 3.09. The lowest BCUT2D eigenvalue weighted by Gasteiger charge is -2.22. The average Bonchev–Trinajstić information content (AvgIpc) is 2.67. The van der Waals surface area contributed by atoms with Crippen molar-refractivity contribution in [3.63, 3.8) is 0 Å². The Hall–Kier alpha value is -2.29. The molecule has 2 atom stereocenters. The Labute approximate surface area is 169 Å². The lowest BCUT2D eigenvalue weighted by atomic mass is 9.87. The van der Waals surface area contributed by atoms with Gasteiger partial charge in [0, 0.05) is 0 Å². The largest absolute Gasteiger partial charge is 0.481 e. The van der Waals surface area contributed by atoms with Gasteiger partial charge in [0.25, 0.3) is 5.91 Å². The van der Waals surface area contributed by atoms with Gasteiger partial charge in [0.05, 0.1) is 6.04 Å². The molecule has 3 heteroatoms. The van der Waals surface area contributed by atoms with Crippen molar-refractivity contribution in [2.45, 2.75) is 77.9 Å². The normalized spacial score (nSPS) is 16.0. The number of hydrogen-bond acceptors (Lipinski definition) is 2. The Morgan fingerprint density at radius 1 is 0.964 bits per heavy atom. The molecule has 0 unspecified atom stereocenters. The van der Waals surface area contributed by atoms with E-state index in [1.54, 1.807) is 6.92 Å². The number of benzene rings is 2. The number of fused-ring (bicyclic) bond motifs is 1. The Bertz CT molecular complexity index is 817. The maximum Gasteiger partial charge on any atom is 0.261 e. The summed E-state index contributed by atoms with van der Waals surface area (Å²) in [6, 6.07) is 14.6. The lowest BCUT2D eigenvalue weighted by molar-refractivity contribution is -0.127. The van der Waals surface area contributed by atoms with Crippen molar-refractivity contribution < 1.29 is 9.53 Å². The quantitative estimate of drug-likeness (QED) is 0.744. The Morgan fingerprint density at radius 2 is 1.61 bits per heavy atom. The predicted molar refractivity (Wildman–Crippen MR) is 115 cm³/mol. The molecule has 0 spiro atoms. The monoisotopic (exact) mass is 379 g/mol. The maximum atomic E-state index is 12.6. The first-order valence-electron chi connectivity index (χ1n) is 10.4. The van der Waals surface area contributed by atoms with Crippen LogP contribution in [-0.2, 0) is 23.1 Å². The second-order valence-corrected chi connectivity index (χ2v) is 9.00. The van der Waals surface area contributed by atoms with Gasteiger partial charge in [-0.1, -0.05) is 51.1 Å². The topological polar surface area (TPSA) is 38.3 Å². The number of amides is 1. The fraction of sp³-hybridized carbons (Fsp3) is 0.480. The second kappa shape index (κ2) is 8.38. The fourth-order valence-corrected chi connectivity index (χ4v) is 3.73. The molecule has 3 rings (SSSR count). The minimum absolute atomic E-state index is 0.0333. The zero-order valence-corrected chi connectivity index (χ0v) is 17.8. The molecule has 0 fully saturated rings.